The fourth-order valence-electron chi connectivity index (χ4n) is 6.22. The van der Waals surface area contributed by atoms with Gasteiger partial charge in [0.05, 0.1) is 26.4 Å². The van der Waals surface area contributed by atoms with E-state index in [0.717, 1.165) is 18.4 Å². The third kappa shape index (κ3) is 6.68. The lowest BCUT2D eigenvalue weighted by atomic mass is 9.83. The maximum Gasteiger partial charge on any atom is 0.344 e. The van der Waals surface area contributed by atoms with Crippen LogP contribution < -0.4 is 19.8 Å². The molecule has 0 spiro atoms. The molecule has 1 aromatic heterocycles. The van der Waals surface area contributed by atoms with Crippen LogP contribution in [0.3, 0.4) is 0 Å². The van der Waals surface area contributed by atoms with E-state index in [2.05, 4.69) is 4.90 Å². The molecule has 0 saturated carbocycles. The summed E-state index contributed by atoms with van der Waals surface area (Å²) in [5.74, 6) is 1.97. The Morgan fingerprint density at radius 1 is 0.976 bits per heavy atom. The Balaban J connectivity index is 1.27. The standard InChI is InChI=1S/C32H40N2O7/c1-37-16-15-34(20-24-7-6-14-33-13-5-4-8-27(24)33)31(35)21-40-25-11-9-23-17-26(32(36)41-29(23)19-25)22-10-12-28(38-2)30(18-22)39-3/h9-12,17-19,24,27H,4-8,13-16,20-21H2,1-3H3. The Morgan fingerprint density at radius 3 is 2.61 bits per heavy atom. The molecule has 0 N–H and O–H groups in total. The van der Waals surface area contributed by atoms with Crippen LogP contribution in [0.5, 0.6) is 17.2 Å². The molecule has 2 fully saturated rings. The quantitative estimate of drug-likeness (QED) is 0.312. The lowest BCUT2D eigenvalue weighted by Crippen LogP contribution is -2.52. The summed E-state index contributed by atoms with van der Waals surface area (Å²) in [7, 11) is 4.77. The van der Waals surface area contributed by atoms with E-state index < -0.39 is 5.63 Å². The zero-order chi connectivity index (χ0) is 28.8. The summed E-state index contributed by atoms with van der Waals surface area (Å²) in [4.78, 5) is 30.7. The van der Waals surface area contributed by atoms with Crippen molar-refractivity contribution in [2.24, 2.45) is 5.92 Å². The zero-order valence-corrected chi connectivity index (χ0v) is 24.2. The van der Waals surface area contributed by atoms with Gasteiger partial charge in [0.2, 0.25) is 0 Å². The van der Waals surface area contributed by atoms with Gasteiger partial charge >= 0.3 is 5.63 Å². The molecule has 0 radical (unpaired) electrons. The van der Waals surface area contributed by atoms with Crippen molar-refractivity contribution in [3.8, 4) is 28.4 Å². The fraction of sp³-hybridized carbons (Fsp3) is 0.500. The molecule has 2 aromatic carbocycles. The monoisotopic (exact) mass is 564 g/mol. The van der Waals surface area contributed by atoms with E-state index in [9.17, 15) is 9.59 Å². The van der Waals surface area contributed by atoms with Gasteiger partial charge in [-0.25, -0.2) is 4.79 Å². The van der Waals surface area contributed by atoms with Crippen LogP contribution in [0.1, 0.15) is 32.1 Å². The van der Waals surface area contributed by atoms with Crippen molar-refractivity contribution in [3.05, 3.63) is 52.9 Å². The van der Waals surface area contributed by atoms with Crippen LogP contribution >= 0.6 is 0 Å². The number of hydrogen-bond acceptors (Lipinski definition) is 8. The molecular weight excluding hydrogens is 524 g/mol. The smallest absolute Gasteiger partial charge is 0.344 e. The first-order valence-corrected chi connectivity index (χ1v) is 14.4. The molecule has 220 valence electrons. The van der Waals surface area contributed by atoms with E-state index in [0.29, 0.717) is 59.1 Å². The molecule has 2 saturated heterocycles. The summed E-state index contributed by atoms with van der Waals surface area (Å²) >= 11 is 0. The number of rotatable bonds is 11. The highest BCUT2D eigenvalue weighted by molar-refractivity contribution is 5.83. The first-order valence-electron chi connectivity index (χ1n) is 14.4. The van der Waals surface area contributed by atoms with Crippen molar-refractivity contribution in [1.82, 2.24) is 9.80 Å². The maximum absolute atomic E-state index is 13.3. The van der Waals surface area contributed by atoms with E-state index in [1.165, 1.54) is 38.8 Å². The van der Waals surface area contributed by atoms with Gasteiger partial charge in [-0.15, -0.1) is 0 Å². The third-order valence-corrected chi connectivity index (χ3v) is 8.37. The molecule has 2 atom stereocenters. The molecule has 9 heteroatoms. The number of carbonyl (C=O) groups is 1. The Labute approximate surface area is 240 Å². The highest BCUT2D eigenvalue weighted by Gasteiger charge is 2.34. The number of ether oxygens (including phenoxy) is 4. The maximum atomic E-state index is 13.3. The summed E-state index contributed by atoms with van der Waals surface area (Å²) in [5.41, 5.74) is 0.984. The molecule has 0 bridgehead atoms. The average Bonchev–Trinajstić information content (AvgIpc) is 3.01. The number of nitrogens with zero attached hydrogens (tertiary/aromatic N) is 2. The first kappa shape index (κ1) is 29.0. The van der Waals surface area contributed by atoms with Gasteiger partial charge in [-0.3, -0.25) is 4.79 Å². The summed E-state index contributed by atoms with van der Waals surface area (Å²) < 4.78 is 27.5. The summed E-state index contributed by atoms with van der Waals surface area (Å²) in [6.45, 7) is 3.99. The van der Waals surface area contributed by atoms with Gasteiger partial charge in [-0.05, 0) is 80.6 Å². The van der Waals surface area contributed by atoms with Crippen LogP contribution in [0, 0.1) is 5.92 Å². The number of hydrogen-bond donors (Lipinski definition) is 0. The molecule has 2 aliphatic rings. The normalized spacial score (nSPS) is 19.0. The van der Waals surface area contributed by atoms with Gasteiger partial charge in [-0.1, -0.05) is 12.5 Å². The molecule has 3 heterocycles. The number of carbonyl (C=O) groups excluding carboxylic acids is 1. The highest BCUT2D eigenvalue weighted by Crippen LogP contribution is 2.33. The van der Waals surface area contributed by atoms with Crippen LogP contribution in [0.2, 0.25) is 0 Å². The van der Waals surface area contributed by atoms with E-state index >= 15 is 0 Å². The van der Waals surface area contributed by atoms with E-state index in [1.807, 2.05) is 11.0 Å². The van der Waals surface area contributed by atoms with Crippen molar-refractivity contribution in [1.29, 1.82) is 0 Å². The van der Waals surface area contributed by atoms with Gasteiger partial charge in [0.15, 0.2) is 18.1 Å². The fourth-order valence-corrected chi connectivity index (χ4v) is 6.22. The van der Waals surface area contributed by atoms with E-state index in [4.69, 9.17) is 23.4 Å². The van der Waals surface area contributed by atoms with Gasteiger partial charge in [0.25, 0.3) is 5.91 Å². The zero-order valence-electron chi connectivity index (χ0n) is 24.2. The summed E-state index contributed by atoms with van der Waals surface area (Å²) in [5, 5.41) is 0.740. The van der Waals surface area contributed by atoms with E-state index in [-0.39, 0.29) is 12.5 Å². The lowest BCUT2D eigenvalue weighted by Gasteiger charge is -2.45. The minimum absolute atomic E-state index is 0.0691. The predicted octanol–water partition coefficient (Wildman–Crippen LogP) is 4.60. The van der Waals surface area contributed by atoms with Crippen LogP contribution in [0.25, 0.3) is 22.1 Å². The largest absolute Gasteiger partial charge is 0.493 e. The molecule has 41 heavy (non-hydrogen) atoms. The van der Waals surface area contributed by atoms with Crippen molar-refractivity contribution in [2.45, 2.75) is 38.1 Å². The first-order chi connectivity index (χ1) is 20.0. The number of fused-ring (bicyclic) bond motifs is 2. The van der Waals surface area contributed by atoms with Gasteiger partial charge < -0.3 is 33.2 Å². The summed E-state index contributed by atoms with van der Waals surface area (Å²) in [6, 6.07) is 12.9. The van der Waals surface area contributed by atoms with Crippen molar-refractivity contribution in [2.75, 3.05) is 60.7 Å². The second-order valence-corrected chi connectivity index (χ2v) is 10.8. The molecule has 1 amide bonds. The topological polar surface area (TPSA) is 90.7 Å². The van der Waals surface area contributed by atoms with Crippen LogP contribution in [-0.2, 0) is 9.53 Å². The lowest BCUT2D eigenvalue weighted by molar-refractivity contribution is -0.135. The van der Waals surface area contributed by atoms with Gasteiger partial charge in [0.1, 0.15) is 11.3 Å². The molecular formula is C32H40N2O7. The molecule has 9 nitrogen and oxygen atoms in total. The predicted molar refractivity (Wildman–Crippen MR) is 157 cm³/mol. The number of methoxy groups -OCH3 is 3. The Bertz CT molecular complexity index is 1400. The van der Waals surface area contributed by atoms with Gasteiger partial charge in [0, 0.05) is 37.7 Å². The average molecular weight is 565 g/mol. The van der Waals surface area contributed by atoms with Crippen molar-refractivity contribution < 1.29 is 28.2 Å². The molecule has 3 aromatic rings. The second-order valence-electron chi connectivity index (χ2n) is 10.8. The van der Waals surface area contributed by atoms with Crippen LogP contribution in [-0.4, -0.2) is 82.5 Å². The second kappa shape index (κ2) is 13.4. The SMILES string of the molecule is COCCN(CC1CCCN2CCCCC12)C(=O)COc1ccc2cc(-c3ccc(OC)c(OC)c3)c(=O)oc2c1. The van der Waals surface area contributed by atoms with Crippen LogP contribution in [0.15, 0.2) is 51.7 Å². The van der Waals surface area contributed by atoms with Crippen LogP contribution in [0.4, 0.5) is 0 Å². The molecule has 2 unspecified atom stereocenters. The Hall–Kier alpha value is -3.56. The third-order valence-electron chi connectivity index (χ3n) is 8.37. The molecule has 0 aliphatic carbocycles. The van der Waals surface area contributed by atoms with E-state index in [1.54, 1.807) is 57.7 Å². The molecule has 2 aliphatic heterocycles. The molecule has 5 rings (SSSR count). The highest BCUT2D eigenvalue weighted by atomic mass is 16.5. The van der Waals surface area contributed by atoms with Gasteiger partial charge in [-0.2, -0.15) is 0 Å². The number of piperidine rings is 2. The van der Waals surface area contributed by atoms with Crippen molar-refractivity contribution in [3.63, 3.8) is 0 Å². The minimum Gasteiger partial charge on any atom is -0.493 e. The Morgan fingerprint density at radius 2 is 1.80 bits per heavy atom. The minimum atomic E-state index is -0.479. The van der Waals surface area contributed by atoms with Crippen molar-refractivity contribution >= 4 is 16.9 Å². The number of amides is 1. The number of benzene rings is 2. The Kier molecular flexibility index (Phi) is 9.46. The summed E-state index contributed by atoms with van der Waals surface area (Å²) in [6.07, 6.45) is 6.07.